The minimum Gasteiger partial charge on any atom is -0.298 e. The summed E-state index contributed by atoms with van der Waals surface area (Å²) in [5, 5.41) is 0. The highest BCUT2D eigenvalue weighted by atomic mass is 32.2. The summed E-state index contributed by atoms with van der Waals surface area (Å²) in [5.74, 6) is 7.30. The predicted octanol–water partition coefficient (Wildman–Crippen LogP) is 1.72. The average Bonchev–Trinajstić information content (AvgIpc) is 1.97. The first-order valence-electron chi connectivity index (χ1n) is 3.30. The number of carbonyl (C=O) groups is 1. The fraction of sp³-hybridized carbons (Fsp3) is 0.625. The third-order valence-electron chi connectivity index (χ3n) is 0.930. The van der Waals surface area contributed by atoms with Crippen LogP contribution in [0.3, 0.4) is 0 Å². The molecular weight excluding hydrogens is 144 g/mol. The van der Waals surface area contributed by atoms with Crippen molar-refractivity contribution in [2.24, 2.45) is 0 Å². The Bertz CT molecular complexity index is 152. The van der Waals surface area contributed by atoms with E-state index in [1.165, 1.54) is 0 Å². The van der Waals surface area contributed by atoms with Crippen LogP contribution in [0.5, 0.6) is 0 Å². The molecule has 0 saturated heterocycles. The summed E-state index contributed by atoms with van der Waals surface area (Å²) in [7, 11) is 0. The molecule has 0 aliphatic heterocycles. The zero-order valence-electron chi connectivity index (χ0n) is 6.44. The Morgan fingerprint density at radius 1 is 1.60 bits per heavy atom. The largest absolute Gasteiger partial charge is 0.298 e. The van der Waals surface area contributed by atoms with Gasteiger partial charge >= 0.3 is 0 Å². The van der Waals surface area contributed by atoms with Gasteiger partial charge in [0.1, 0.15) is 0 Å². The van der Waals surface area contributed by atoms with Gasteiger partial charge in [-0.1, -0.05) is 12.8 Å². The van der Waals surface area contributed by atoms with E-state index >= 15 is 0 Å². The van der Waals surface area contributed by atoms with Crippen LogP contribution in [0.25, 0.3) is 0 Å². The summed E-state index contributed by atoms with van der Waals surface area (Å²) in [5.41, 5.74) is 0. The molecule has 2 heteroatoms. The standard InChI is InChI=1S/C8H12OS/c1-3-5-6-8(9)7-10-4-2/h4,6-7H2,1-2H3. The van der Waals surface area contributed by atoms with Crippen LogP contribution >= 0.6 is 11.8 Å². The highest BCUT2D eigenvalue weighted by Crippen LogP contribution is 1.99. The molecule has 0 heterocycles. The molecule has 0 spiro atoms. The SMILES string of the molecule is CC#CCC(=O)CSCC. The van der Waals surface area contributed by atoms with Crippen LogP contribution in [-0.2, 0) is 4.79 Å². The van der Waals surface area contributed by atoms with Crippen molar-refractivity contribution in [3.63, 3.8) is 0 Å². The van der Waals surface area contributed by atoms with Gasteiger partial charge in [0.05, 0.1) is 12.2 Å². The minimum absolute atomic E-state index is 0.237. The molecule has 1 nitrogen and oxygen atoms in total. The maximum Gasteiger partial charge on any atom is 0.154 e. The summed E-state index contributed by atoms with van der Waals surface area (Å²) >= 11 is 1.65. The molecule has 10 heavy (non-hydrogen) atoms. The fourth-order valence-corrected chi connectivity index (χ4v) is 0.988. The van der Waals surface area contributed by atoms with E-state index in [0.717, 1.165) is 5.75 Å². The lowest BCUT2D eigenvalue weighted by Crippen LogP contribution is -1.99. The van der Waals surface area contributed by atoms with Crippen LogP contribution in [0.2, 0.25) is 0 Å². The van der Waals surface area contributed by atoms with Crippen LogP contribution in [-0.4, -0.2) is 17.3 Å². The molecule has 0 amide bonds. The minimum atomic E-state index is 0.237. The highest BCUT2D eigenvalue weighted by molar-refractivity contribution is 7.99. The normalized spacial score (nSPS) is 8.20. The van der Waals surface area contributed by atoms with Crippen LogP contribution in [0, 0.1) is 11.8 Å². The van der Waals surface area contributed by atoms with Crippen molar-refractivity contribution >= 4 is 17.5 Å². The molecule has 0 aromatic heterocycles. The number of thioether (sulfide) groups is 1. The van der Waals surface area contributed by atoms with E-state index < -0.39 is 0 Å². The first kappa shape index (κ1) is 9.58. The van der Waals surface area contributed by atoms with E-state index in [9.17, 15) is 4.79 Å². The van der Waals surface area contributed by atoms with Crippen LogP contribution in [0.4, 0.5) is 0 Å². The number of carbonyl (C=O) groups excluding carboxylic acids is 1. The molecule has 0 aromatic rings. The molecule has 0 N–H and O–H groups in total. The molecule has 0 saturated carbocycles. The Kier molecular flexibility index (Phi) is 6.42. The Morgan fingerprint density at radius 3 is 2.80 bits per heavy atom. The van der Waals surface area contributed by atoms with Gasteiger partial charge in [0.25, 0.3) is 0 Å². The van der Waals surface area contributed by atoms with Gasteiger partial charge in [-0.2, -0.15) is 11.8 Å². The van der Waals surface area contributed by atoms with Gasteiger partial charge in [-0.3, -0.25) is 4.79 Å². The van der Waals surface area contributed by atoms with Crippen molar-refractivity contribution in [1.82, 2.24) is 0 Å². The molecular formula is C8H12OS. The van der Waals surface area contributed by atoms with E-state index in [1.807, 2.05) is 6.92 Å². The van der Waals surface area contributed by atoms with Crippen LogP contribution in [0.1, 0.15) is 20.3 Å². The maximum absolute atomic E-state index is 10.8. The van der Waals surface area contributed by atoms with Gasteiger partial charge in [0, 0.05) is 0 Å². The van der Waals surface area contributed by atoms with Crippen molar-refractivity contribution in [2.45, 2.75) is 20.3 Å². The highest BCUT2D eigenvalue weighted by Gasteiger charge is 1.96. The monoisotopic (exact) mass is 156 g/mol. The van der Waals surface area contributed by atoms with Crippen molar-refractivity contribution in [3.05, 3.63) is 0 Å². The third kappa shape index (κ3) is 5.71. The number of rotatable bonds is 4. The molecule has 0 aliphatic rings. The van der Waals surface area contributed by atoms with Gasteiger partial charge in [-0.15, -0.1) is 5.92 Å². The summed E-state index contributed by atoms with van der Waals surface area (Å²) in [6.45, 7) is 3.80. The summed E-state index contributed by atoms with van der Waals surface area (Å²) in [6, 6.07) is 0. The van der Waals surface area contributed by atoms with Crippen molar-refractivity contribution in [2.75, 3.05) is 11.5 Å². The number of hydrogen-bond donors (Lipinski definition) is 0. The van der Waals surface area contributed by atoms with E-state index in [2.05, 4.69) is 11.8 Å². The Morgan fingerprint density at radius 2 is 2.30 bits per heavy atom. The first-order valence-corrected chi connectivity index (χ1v) is 4.45. The Hall–Kier alpha value is -0.420. The van der Waals surface area contributed by atoms with E-state index in [1.54, 1.807) is 18.7 Å². The van der Waals surface area contributed by atoms with E-state index in [4.69, 9.17) is 0 Å². The molecule has 0 radical (unpaired) electrons. The predicted molar refractivity (Wildman–Crippen MR) is 46.1 cm³/mol. The molecule has 0 aromatic carbocycles. The van der Waals surface area contributed by atoms with Crippen LogP contribution < -0.4 is 0 Å². The topological polar surface area (TPSA) is 17.1 Å². The lowest BCUT2D eigenvalue weighted by atomic mass is 10.3. The van der Waals surface area contributed by atoms with E-state index in [-0.39, 0.29) is 5.78 Å². The zero-order valence-corrected chi connectivity index (χ0v) is 7.25. The molecule has 0 atom stereocenters. The fourth-order valence-electron chi connectivity index (χ4n) is 0.454. The smallest absolute Gasteiger partial charge is 0.154 e. The third-order valence-corrected chi connectivity index (χ3v) is 1.86. The number of Topliss-reactive ketones (excluding diaryl/α,β-unsaturated/α-hetero) is 1. The lowest BCUT2D eigenvalue weighted by molar-refractivity contribution is -0.115. The summed E-state index contributed by atoms with van der Waals surface area (Å²) in [6.07, 6.45) is 0.420. The lowest BCUT2D eigenvalue weighted by Gasteiger charge is -1.91. The van der Waals surface area contributed by atoms with E-state index in [0.29, 0.717) is 12.2 Å². The number of hydrogen-bond acceptors (Lipinski definition) is 2. The quantitative estimate of drug-likeness (QED) is 0.576. The van der Waals surface area contributed by atoms with Crippen molar-refractivity contribution < 1.29 is 4.79 Å². The first-order chi connectivity index (χ1) is 4.81. The second-order valence-corrected chi connectivity index (χ2v) is 3.05. The van der Waals surface area contributed by atoms with Gasteiger partial charge in [-0.25, -0.2) is 0 Å². The number of ketones is 1. The molecule has 56 valence electrons. The van der Waals surface area contributed by atoms with Crippen LogP contribution in [0.15, 0.2) is 0 Å². The Balaban J connectivity index is 3.31. The molecule has 0 fully saturated rings. The van der Waals surface area contributed by atoms with Crippen molar-refractivity contribution in [1.29, 1.82) is 0 Å². The van der Waals surface area contributed by atoms with Gasteiger partial charge in [-0.05, 0) is 12.7 Å². The zero-order chi connectivity index (χ0) is 7.82. The summed E-state index contributed by atoms with van der Waals surface area (Å²) < 4.78 is 0. The average molecular weight is 156 g/mol. The van der Waals surface area contributed by atoms with Gasteiger partial charge < -0.3 is 0 Å². The summed E-state index contributed by atoms with van der Waals surface area (Å²) in [4.78, 5) is 10.8. The second-order valence-electron chi connectivity index (χ2n) is 1.78. The van der Waals surface area contributed by atoms with Gasteiger partial charge in [0.15, 0.2) is 5.78 Å². The second kappa shape index (κ2) is 6.70. The van der Waals surface area contributed by atoms with Gasteiger partial charge in [0.2, 0.25) is 0 Å². The Labute approximate surface area is 66.6 Å². The molecule has 0 bridgehead atoms. The van der Waals surface area contributed by atoms with Crippen molar-refractivity contribution in [3.8, 4) is 11.8 Å². The molecule has 0 unspecified atom stereocenters. The maximum atomic E-state index is 10.8. The molecule has 0 aliphatic carbocycles. The molecule has 0 rings (SSSR count).